The summed E-state index contributed by atoms with van der Waals surface area (Å²) in [7, 11) is -5.82. The van der Waals surface area contributed by atoms with Gasteiger partial charge in [-0.05, 0) is 13.8 Å². The third kappa shape index (κ3) is 3.48. The Labute approximate surface area is 98.7 Å². The van der Waals surface area contributed by atoms with Crippen LogP contribution in [0.15, 0.2) is 0 Å². The van der Waals surface area contributed by atoms with Crippen molar-refractivity contribution in [2.24, 2.45) is 0 Å². The molecule has 0 bridgehead atoms. The summed E-state index contributed by atoms with van der Waals surface area (Å²) in [6.07, 6.45) is -6.15. The third-order valence-electron chi connectivity index (χ3n) is 1.68. The molecule has 0 aromatic heterocycles. The summed E-state index contributed by atoms with van der Waals surface area (Å²) in [6, 6.07) is 0. The standard InChI is InChI=1S/C7H10F6O4S/c1-3(2)17-5(18(14,15)16)7(12,13)6(10,11)4(8)9/h3-5H,1-2H3,(H,14,15,16). The van der Waals surface area contributed by atoms with Crippen molar-refractivity contribution in [3.63, 3.8) is 0 Å². The Kier molecular flexibility index (Phi) is 5.05. The third-order valence-corrected chi connectivity index (χ3v) is 2.63. The molecule has 4 nitrogen and oxygen atoms in total. The molecule has 0 radical (unpaired) electrons. The Morgan fingerprint density at radius 3 is 1.67 bits per heavy atom. The van der Waals surface area contributed by atoms with Gasteiger partial charge in [0.25, 0.3) is 15.6 Å². The molecule has 0 aromatic rings. The fourth-order valence-electron chi connectivity index (χ4n) is 0.893. The second-order valence-electron chi connectivity index (χ2n) is 3.58. The van der Waals surface area contributed by atoms with Gasteiger partial charge in [0.15, 0.2) is 0 Å². The van der Waals surface area contributed by atoms with E-state index in [1.807, 2.05) is 0 Å². The molecule has 11 heteroatoms. The van der Waals surface area contributed by atoms with Crippen LogP contribution in [0.1, 0.15) is 13.8 Å². The maximum absolute atomic E-state index is 13.1. The van der Waals surface area contributed by atoms with Crippen LogP contribution in [0.4, 0.5) is 26.3 Å². The van der Waals surface area contributed by atoms with E-state index in [9.17, 15) is 34.8 Å². The molecule has 0 fully saturated rings. The molecular weight excluding hydrogens is 294 g/mol. The zero-order chi connectivity index (χ0) is 14.9. The number of hydrogen-bond donors (Lipinski definition) is 1. The number of rotatable bonds is 6. The van der Waals surface area contributed by atoms with E-state index in [2.05, 4.69) is 4.74 Å². The van der Waals surface area contributed by atoms with E-state index in [4.69, 9.17) is 4.55 Å². The lowest BCUT2D eigenvalue weighted by atomic mass is 10.2. The smallest absolute Gasteiger partial charge is 0.352 e. The Bertz CT molecular complexity index is 379. The Balaban J connectivity index is 5.62. The van der Waals surface area contributed by atoms with Gasteiger partial charge in [0, 0.05) is 0 Å². The second kappa shape index (κ2) is 5.21. The van der Waals surface area contributed by atoms with E-state index >= 15 is 0 Å². The van der Waals surface area contributed by atoms with Crippen LogP contribution in [0.25, 0.3) is 0 Å². The van der Waals surface area contributed by atoms with Crippen molar-refractivity contribution in [2.75, 3.05) is 0 Å². The van der Waals surface area contributed by atoms with Gasteiger partial charge in [0.05, 0.1) is 6.10 Å². The minimum absolute atomic E-state index is 0.995. The Hall–Kier alpha value is -0.550. The highest BCUT2D eigenvalue weighted by molar-refractivity contribution is 7.86. The Morgan fingerprint density at radius 2 is 1.44 bits per heavy atom. The average Bonchev–Trinajstić information content (AvgIpc) is 2.11. The molecule has 0 aliphatic carbocycles. The van der Waals surface area contributed by atoms with Crippen LogP contribution in [0.2, 0.25) is 0 Å². The fourth-order valence-corrected chi connectivity index (χ4v) is 1.79. The van der Waals surface area contributed by atoms with Gasteiger partial charge in [-0.3, -0.25) is 4.55 Å². The minimum Gasteiger partial charge on any atom is -0.352 e. The van der Waals surface area contributed by atoms with Gasteiger partial charge in [-0.15, -0.1) is 0 Å². The van der Waals surface area contributed by atoms with Gasteiger partial charge in [-0.2, -0.15) is 26.0 Å². The SMILES string of the molecule is CC(C)OC(C(F)(F)C(F)(F)C(F)F)S(=O)(=O)O. The van der Waals surface area contributed by atoms with E-state index in [0.29, 0.717) is 0 Å². The van der Waals surface area contributed by atoms with Crippen LogP contribution < -0.4 is 0 Å². The molecule has 0 amide bonds. The molecule has 1 unspecified atom stereocenters. The predicted molar refractivity (Wildman–Crippen MR) is 47.5 cm³/mol. The van der Waals surface area contributed by atoms with Crippen molar-refractivity contribution in [3.05, 3.63) is 0 Å². The second-order valence-corrected chi connectivity index (χ2v) is 5.04. The van der Waals surface area contributed by atoms with Crippen LogP contribution in [0.3, 0.4) is 0 Å². The summed E-state index contributed by atoms with van der Waals surface area (Å²) in [5.41, 5.74) is -3.78. The van der Waals surface area contributed by atoms with Crippen LogP contribution in [-0.2, 0) is 14.9 Å². The maximum Gasteiger partial charge on any atom is 0.373 e. The predicted octanol–water partition coefficient (Wildman–Crippen LogP) is 2.16. The highest BCUT2D eigenvalue weighted by Gasteiger charge is 2.70. The van der Waals surface area contributed by atoms with E-state index < -0.39 is 39.9 Å². The van der Waals surface area contributed by atoms with Crippen LogP contribution in [0, 0.1) is 0 Å². The van der Waals surface area contributed by atoms with Crippen molar-refractivity contribution >= 4 is 10.1 Å². The quantitative estimate of drug-likeness (QED) is 0.603. The zero-order valence-electron chi connectivity index (χ0n) is 9.08. The molecule has 0 aliphatic rings. The van der Waals surface area contributed by atoms with Gasteiger partial charge >= 0.3 is 18.3 Å². The summed E-state index contributed by atoms with van der Waals surface area (Å²) in [5, 5.41) is 0. The van der Waals surface area contributed by atoms with Crippen molar-refractivity contribution in [2.45, 2.75) is 43.7 Å². The van der Waals surface area contributed by atoms with E-state index in [1.165, 1.54) is 0 Å². The monoisotopic (exact) mass is 304 g/mol. The largest absolute Gasteiger partial charge is 0.373 e. The van der Waals surface area contributed by atoms with Gasteiger partial charge < -0.3 is 4.74 Å². The number of ether oxygens (including phenoxy) is 1. The molecule has 0 spiro atoms. The van der Waals surface area contributed by atoms with Crippen molar-refractivity contribution in [3.8, 4) is 0 Å². The molecule has 1 N–H and O–H groups in total. The molecule has 0 aromatic carbocycles. The Morgan fingerprint density at radius 1 is 1.06 bits per heavy atom. The molecule has 110 valence electrons. The first-order valence-electron chi connectivity index (χ1n) is 4.40. The lowest BCUT2D eigenvalue weighted by Crippen LogP contribution is -2.57. The van der Waals surface area contributed by atoms with Gasteiger partial charge in [0.1, 0.15) is 0 Å². The van der Waals surface area contributed by atoms with Crippen LogP contribution in [0.5, 0.6) is 0 Å². The fraction of sp³-hybridized carbons (Fsp3) is 1.00. The first-order valence-corrected chi connectivity index (χ1v) is 5.90. The summed E-state index contributed by atoms with van der Waals surface area (Å²) in [6.45, 7) is 1.99. The molecular formula is C7H10F6O4S. The lowest BCUT2D eigenvalue weighted by Gasteiger charge is -2.31. The van der Waals surface area contributed by atoms with Crippen molar-refractivity contribution in [1.82, 2.24) is 0 Å². The zero-order valence-corrected chi connectivity index (χ0v) is 9.90. The molecule has 0 aliphatic heterocycles. The highest BCUT2D eigenvalue weighted by Crippen LogP contribution is 2.44. The van der Waals surface area contributed by atoms with Gasteiger partial charge in [-0.1, -0.05) is 0 Å². The molecule has 18 heavy (non-hydrogen) atoms. The van der Waals surface area contributed by atoms with E-state index in [-0.39, 0.29) is 0 Å². The summed E-state index contributed by atoms with van der Waals surface area (Å²) >= 11 is 0. The molecule has 0 saturated heterocycles. The highest BCUT2D eigenvalue weighted by atomic mass is 32.2. The van der Waals surface area contributed by atoms with Gasteiger partial charge in [0.2, 0.25) is 0 Å². The van der Waals surface area contributed by atoms with Crippen molar-refractivity contribution in [1.29, 1.82) is 0 Å². The number of halogens is 6. The number of alkyl halides is 6. The lowest BCUT2D eigenvalue weighted by molar-refractivity contribution is -0.290. The van der Waals surface area contributed by atoms with Crippen molar-refractivity contribution < 1.29 is 44.0 Å². The topological polar surface area (TPSA) is 63.6 Å². The van der Waals surface area contributed by atoms with E-state index in [0.717, 1.165) is 13.8 Å². The maximum atomic E-state index is 13.1. The average molecular weight is 304 g/mol. The minimum atomic E-state index is -5.97. The summed E-state index contributed by atoms with van der Waals surface area (Å²) in [4.78, 5) is 0. The number of hydrogen-bond acceptors (Lipinski definition) is 3. The normalized spacial score (nSPS) is 16.4. The summed E-state index contributed by atoms with van der Waals surface area (Å²) in [5.74, 6) is -11.8. The molecule has 0 heterocycles. The van der Waals surface area contributed by atoms with Crippen LogP contribution in [-0.4, -0.2) is 42.8 Å². The summed E-state index contributed by atoms with van der Waals surface area (Å²) < 4.78 is 108. The first kappa shape index (κ1) is 17.4. The van der Waals surface area contributed by atoms with E-state index in [1.54, 1.807) is 0 Å². The van der Waals surface area contributed by atoms with Crippen LogP contribution >= 0.6 is 0 Å². The van der Waals surface area contributed by atoms with Gasteiger partial charge in [-0.25, -0.2) is 8.78 Å². The molecule has 1 atom stereocenters. The molecule has 0 saturated carbocycles. The molecule has 0 rings (SSSR count). The first-order chi connectivity index (χ1) is 7.74.